The summed E-state index contributed by atoms with van der Waals surface area (Å²) >= 11 is 0. The summed E-state index contributed by atoms with van der Waals surface area (Å²) in [5, 5.41) is 3.10. The molecule has 0 saturated heterocycles. The highest BCUT2D eigenvalue weighted by molar-refractivity contribution is 5.31. The van der Waals surface area contributed by atoms with Crippen LogP contribution in [0.15, 0.2) is 18.5 Å². The maximum atomic E-state index is 12.9. The van der Waals surface area contributed by atoms with Gasteiger partial charge in [0.15, 0.2) is 0 Å². The van der Waals surface area contributed by atoms with Gasteiger partial charge in [-0.05, 0) is 31.5 Å². The summed E-state index contributed by atoms with van der Waals surface area (Å²) in [5.41, 5.74) is -0.212. The quantitative estimate of drug-likeness (QED) is 0.865. The van der Waals surface area contributed by atoms with E-state index in [0.717, 1.165) is 25.3 Å². The van der Waals surface area contributed by atoms with Gasteiger partial charge in [-0.25, -0.2) is 0 Å². The minimum atomic E-state index is -4.29. The molecule has 2 nitrogen and oxygen atoms in total. The summed E-state index contributed by atoms with van der Waals surface area (Å²) in [6.45, 7) is 0. The number of aromatic nitrogens is 1. The highest BCUT2D eigenvalue weighted by Gasteiger charge is 2.38. The van der Waals surface area contributed by atoms with Crippen molar-refractivity contribution in [3.8, 4) is 0 Å². The summed E-state index contributed by atoms with van der Waals surface area (Å²) in [5.74, 6) is -0.0784. The molecule has 17 heavy (non-hydrogen) atoms. The first-order valence-electron chi connectivity index (χ1n) is 5.72. The fraction of sp³-hybridized carbons (Fsp3) is 0.583. The molecule has 1 aliphatic rings. The van der Waals surface area contributed by atoms with Crippen molar-refractivity contribution in [3.63, 3.8) is 0 Å². The van der Waals surface area contributed by atoms with E-state index in [0.29, 0.717) is 5.56 Å². The largest absolute Gasteiger partial charge is 0.416 e. The molecule has 0 amide bonds. The number of halogens is 3. The van der Waals surface area contributed by atoms with Crippen LogP contribution in [-0.4, -0.2) is 18.1 Å². The van der Waals surface area contributed by atoms with Gasteiger partial charge in [0.05, 0.1) is 5.56 Å². The maximum Gasteiger partial charge on any atom is 0.416 e. The molecular formula is C12H15F3N2. The van der Waals surface area contributed by atoms with Crippen LogP contribution in [0.25, 0.3) is 0 Å². The van der Waals surface area contributed by atoms with E-state index in [-0.39, 0.29) is 12.0 Å². The lowest BCUT2D eigenvalue weighted by Gasteiger charge is -2.22. The van der Waals surface area contributed by atoms with E-state index in [1.54, 1.807) is 7.05 Å². The van der Waals surface area contributed by atoms with E-state index >= 15 is 0 Å². The van der Waals surface area contributed by atoms with Gasteiger partial charge in [-0.1, -0.05) is 6.42 Å². The smallest absolute Gasteiger partial charge is 0.316 e. The molecule has 1 aromatic heterocycles. The summed E-state index contributed by atoms with van der Waals surface area (Å²) in [6.07, 6.45) is 0.952. The molecule has 1 saturated carbocycles. The standard InChI is InChI=1S/C12H15F3N2/c1-16-11-4-2-3-8(11)9-7-17-6-5-10(9)12(13,14)15/h5-8,11,16H,2-4H2,1H3. The average Bonchev–Trinajstić information content (AvgIpc) is 2.75. The second-order valence-corrected chi connectivity index (χ2v) is 4.39. The summed E-state index contributed by atoms with van der Waals surface area (Å²) in [7, 11) is 1.80. The van der Waals surface area contributed by atoms with Crippen LogP contribution in [-0.2, 0) is 6.18 Å². The van der Waals surface area contributed by atoms with Gasteiger partial charge in [0.1, 0.15) is 0 Å². The summed E-state index contributed by atoms with van der Waals surface area (Å²) in [6, 6.07) is 1.20. The number of hydrogen-bond donors (Lipinski definition) is 1. The van der Waals surface area contributed by atoms with Crippen molar-refractivity contribution in [1.82, 2.24) is 10.3 Å². The monoisotopic (exact) mass is 244 g/mol. The van der Waals surface area contributed by atoms with E-state index in [9.17, 15) is 13.2 Å². The maximum absolute atomic E-state index is 12.9. The van der Waals surface area contributed by atoms with Gasteiger partial charge in [0.2, 0.25) is 0 Å². The molecule has 5 heteroatoms. The molecule has 0 bridgehead atoms. The number of alkyl halides is 3. The van der Waals surface area contributed by atoms with E-state index < -0.39 is 11.7 Å². The highest BCUT2D eigenvalue weighted by Crippen LogP contribution is 2.41. The van der Waals surface area contributed by atoms with Gasteiger partial charge < -0.3 is 5.32 Å². The summed E-state index contributed by atoms with van der Waals surface area (Å²) < 4.78 is 38.7. The van der Waals surface area contributed by atoms with E-state index in [2.05, 4.69) is 10.3 Å². The van der Waals surface area contributed by atoms with Gasteiger partial charge in [-0.3, -0.25) is 4.98 Å². The van der Waals surface area contributed by atoms with Gasteiger partial charge >= 0.3 is 6.18 Å². The van der Waals surface area contributed by atoms with Crippen LogP contribution in [0.5, 0.6) is 0 Å². The third-order valence-corrected chi connectivity index (χ3v) is 3.44. The van der Waals surface area contributed by atoms with Crippen molar-refractivity contribution in [3.05, 3.63) is 29.6 Å². The molecule has 2 rings (SSSR count). The van der Waals surface area contributed by atoms with Crippen LogP contribution in [0.2, 0.25) is 0 Å². The molecule has 1 fully saturated rings. The number of rotatable bonds is 2. The second kappa shape index (κ2) is 4.64. The average molecular weight is 244 g/mol. The molecule has 0 spiro atoms. The Balaban J connectivity index is 2.38. The van der Waals surface area contributed by atoms with Gasteiger partial charge in [0.25, 0.3) is 0 Å². The van der Waals surface area contributed by atoms with Crippen LogP contribution >= 0.6 is 0 Å². The third-order valence-electron chi connectivity index (χ3n) is 3.44. The SMILES string of the molecule is CNC1CCCC1c1cnccc1C(F)(F)F. The predicted molar refractivity (Wildman–Crippen MR) is 58.7 cm³/mol. The predicted octanol–water partition coefficient (Wildman–Crippen LogP) is 2.96. The minimum Gasteiger partial charge on any atom is -0.316 e. The van der Waals surface area contributed by atoms with Crippen molar-refractivity contribution >= 4 is 0 Å². The number of pyridine rings is 1. The minimum absolute atomic E-state index is 0.0784. The molecule has 0 aromatic carbocycles. The Morgan fingerprint density at radius 1 is 1.35 bits per heavy atom. The van der Waals surface area contributed by atoms with Crippen molar-refractivity contribution in [1.29, 1.82) is 0 Å². The number of likely N-dealkylation sites (N-methyl/N-ethyl adjacent to an activating group) is 1. The second-order valence-electron chi connectivity index (χ2n) is 4.39. The van der Waals surface area contributed by atoms with E-state index in [1.165, 1.54) is 12.4 Å². The van der Waals surface area contributed by atoms with Crippen molar-refractivity contribution < 1.29 is 13.2 Å². The Hall–Kier alpha value is -1.10. The first-order valence-corrected chi connectivity index (χ1v) is 5.72. The van der Waals surface area contributed by atoms with Crippen molar-refractivity contribution in [2.24, 2.45) is 0 Å². The van der Waals surface area contributed by atoms with Crippen LogP contribution in [0.3, 0.4) is 0 Å². The first kappa shape index (κ1) is 12.4. The van der Waals surface area contributed by atoms with Gasteiger partial charge in [0, 0.05) is 24.4 Å². The van der Waals surface area contributed by atoms with Crippen molar-refractivity contribution in [2.75, 3.05) is 7.05 Å². The lowest BCUT2D eigenvalue weighted by molar-refractivity contribution is -0.138. The third kappa shape index (κ3) is 2.44. The Labute approximate surface area is 98.2 Å². The Bertz CT molecular complexity index is 390. The Kier molecular flexibility index (Phi) is 3.38. The molecule has 2 atom stereocenters. The zero-order valence-corrected chi connectivity index (χ0v) is 9.59. The van der Waals surface area contributed by atoms with Crippen LogP contribution < -0.4 is 5.32 Å². The topological polar surface area (TPSA) is 24.9 Å². The molecule has 0 aliphatic heterocycles. The molecule has 1 heterocycles. The lowest BCUT2D eigenvalue weighted by atomic mass is 9.91. The normalized spacial score (nSPS) is 25.2. The molecule has 1 N–H and O–H groups in total. The first-order chi connectivity index (χ1) is 8.04. The van der Waals surface area contributed by atoms with E-state index in [4.69, 9.17) is 0 Å². The van der Waals surface area contributed by atoms with Crippen LogP contribution in [0.1, 0.15) is 36.3 Å². The van der Waals surface area contributed by atoms with E-state index in [1.807, 2.05) is 0 Å². The Morgan fingerprint density at radius 3 is 2.76 bits per heavy atom. The fourth-order valence-electron chi connectivity index (χ4n) is 2.64. The zero-order chi connectivity index (χ0) is 12.5. The Morgan fingerprint density at radius 2 is 2.12 bits per heavy atom. The van der Waals surface area contributed by atoms with Crippen LogP contribution in [0, 0.1) is 0 Å². The van der Waals surface area contributed by atoms with Gasteiger partial charge in [-0.2, -0.15) is 13.2 Å². The summed E-state index contributed by atoms with van der Waals surface area (Å²) in [4.78, 5) is 3.84. The molecule has 1 aliphatic carbocycles. The number of nitrogens with zero attached hydrogens (tertiary/aromatic N) is 1. The number of hydrogen-bond acceptors (Lipinski definition) is 2. The highest BCUT2D eigenvalue weighted by atomic mass is 19.4. The number of nitrogens with one attached hydrogen (secondary N) is 1. The molecular weight excluding hydrogens is 229 g/mol. The molecule has 0 radical (unpaired) electrons. The molecule has 2 unspecified atom stereocenters. The molecule has 94 valence electrons. The molecule has 1 aromatic rings. The van der Waals surface area contributed by atoms with Gasteiger partial charge in [-0.15, -0.1) is 0 Å². The zero-order valence-electron chi connectivity index (χ0n) is 9.59. The van der Waals surface area contributed by atoms with Crippen LogP contribution in [0.4, 0.5) is 13.2 Å². The fourth-order valence-corrected chi connectivity index (χ4v) is 2.64. The lowest BCUT2D eigenvalue weighted by Crippen LogP contribution is -2.29. The van der Waals surface area contributed by atoms with Crippen molar-refractivity contribution in [2.45, 2.75) is 37.4 Å².